The Morgan fingerprint density at radius 3 is 2.54 bits per heavy atom. The molecule has 1 saturated heterocycles. The Hall–Kier alpha value is -3.88. The molecule has 0 saturated carbocycles. The molecule has 2 amide bonds. The van der Waals surface area contributed by atoms with Gasteiger partial charge in [0, 0.05) is 0 Å². The maximum atomic E-state index is 13.0. The number of thiophene rings is 1. The first-order valence-corrected chi connectivity index (χ1v) is 12.4. The molecule has 3 aromatic carbocycles. The first kappa shape index (κ1) is 22.9. The molecule has 0 aliphatic carbocycles. The average Bonchev–Trinajstić information content (AvgIpc) is 3.50. The zero-order chi connectivity index (χ0) is 24.4. The molecule has 0 radical (unpaired) electrons. The van der Waals surface area contributed by atoms with Crippen LogP contribution < -0.4 is 9.47 Å². The lowest BCUT2D eigenvalue weighted by atomic mass is 10.1. The van der Waals surface area contributed by atoms with E-state index in [9.17, 15) is 14.4 Å². The summed E-state index contributed by atoms with van der Waals surface area (Å²) in [6, 6.07) is 22.3. The fourth-order valence-corrected chi connectivity index (χ4v) is 5.15. The lowest BCUT2D eigenvalue weighted by Crippen LogP contribution is -2.27. The average molecular weight is 502 g/mol. The fraction of sp³-hybridized carbons (Fsp3) is 0.0741. The van der Waals surface area contributed by atoms with Gasteiger partial charge in [-0.25, -0.2) is 4.79 Å². The quantitative estimate of drug-likeness (QED) is 0.174. The Bertz CT molecular complexity index is 1480. The third-order valence-electron chi connectivity index (χ3n) is 5.44. The molecule has 8 heteroatoms. The van der Waals surface area contributed by atoms with E-state index in [-0.39, 0.29) is 23.4 Å². The van der Waals surface area contributed by atoms with Crippen LogP contribution in [-0.2, 0) is 11.3 Å². The summed E-state index contributed by atoms with van der Waals surface area (Å²) in [7, 11) is 1.47. The van der Waals surface area contributed by atoms with Gasteiger partial charge >= 0.3 is 5.97 Å². The molecule has 5 rings (SSSR count). The van der Waals surface area contributed by atoms with Crippen LogP contribution in [0.4, 0.5) is 4.79 Å². The number of methoxy groups -OCH3 is 1. The van der Waals surface area contributed by atoms with Crippen LogP contribution in [0.3, 0.4) is 0 Å². The first-order valence-electron chi connectivity index (χ1n) is 10.7. The lowest BCUT2D eigenvalue weighted by Gasteiger charge is -2.13. The van der Waals surface area contributed by atoms with Gasteiger partial charge in [-0.15, -0.1) is 11.3 Å². The van der Waals surface area contributed by atoms with E-state index >= 15 is 0 Å². The smallest absolute Gasteiger partial charge is 0.353 e. The summed E-state index contributed by atoms with van der Waals surface area (Å²) in [4.78, 5) is 39.9. The Morgan fingerprint density at radius 1 is 0.943 bits per heavy atom. The van der Waals surface area contributed by atoms with Gasteiger partial charge in [0.25, 0.3) is 11.1 Å². The normalized spacial score (nSPS) is 14.7. The van der Waals surface area contributed by atoms with Gasteiger partial charge in [-0.1, -0.05) is 48.5 Å². The number of carbonyl (C=O) groups excluding carboxylic acids is 3. The van der Waals surface area contributed by atoms with E-state index in [4.69, 9.17) is 9.47 Å². The van der Waals surface area contributed by atoms with Crippen LogP contribution in [0.1, 0.15) is 20.8 Å². The molecule has 0 N–H and O–H groups in total. The maximum absolute atomic E-state index is 13.0. The van der Waals surface area contributed by atoms with Crippen LogP contribution in [0, 0.1) is 0 Å². The number of carbonyl (C=O) groups is 3. The summed E-state index contributed by atoms with van der Waals surface area (Å²) in [5.41, 5.74) is 1.53. The highest BCUT2D eigenvalue weighted by atomic mass is 32.2. The van der Waals surface area contributed by atoms with Gasteiger partial charge in [0.1, 0.15) is 4.88 Å². The number of esters is 1. The highest BCUT2D eigenvalue weighted by Crippen LogP contribution is 2.36. The van der Waals surface area contributed by atoms with Crippen LogP contribution in [0.5, 0.6) is 11.5 Å². The number of thioether (sulfide) groups is 1. The Kier molecular flexibility index (Phi) is 6.39. The molecular weight excluding hydrogens is 482 g/mol. The zero-order valence-electron chi connectivity index (χ0n) is 18.6. The number of benzene rings is 3. The van der Waals surface area contributed by atoms with Crippen molar-refractivity contribution < 1.29 is 23.9 Å². The van der Waals surface area contributed by atoms with Gasteiger partial charge in [-0.05, 0) is 69.4 Å². The largest absolute Gasteiger partial charge is 0.493 e. The highest BCUT2D eigenvalue weighted by molar-refractivity contribution is 8.18. The van der Waals surface area contributed by atoms with E-state index in [0.29, 0.717) is 21.1 Å². The molecule has 1 aliphatic heterocycles. The minimum Gasteiger partial charge on any atom is -0.493 e. The minimum absolute atomic E-state index is 0.202. The van der Waals surface area contributed by atoms with E-state index in [2.05, 4.69) is 0 Å². The molecule has 4 aromatic rings. The number of ether oxygens (including phenoxy) is 2. The van der Waals surface area contributed by atoms with Crippen LogP contribution in [0.25, 0.3) is 16.8 Å². The van der Waals surface area contributed by atoms with E-state index in [1.54, 1.807) is 41.8 Å². The Balaban J connectivity index is 1.34. The summed E-state index contributed by atoms with van der Waals surface area (Å²) in [5.74, 6) is -0.201. The molecule has 6 nitrogen and oxygen atoms in total. The number of nitrogens with zero attached hydrogens (tertiary/aromatic N) is 1. The van der Waals surface area contributed by atoms with Crippen molar-refractivity contribution in [2.75, 3.05) is 7.11 Å². The van der Waals surface area contributed by atoms with Crippen LogP contribution in [0.2, 0.25) is 0 Å². The van der Waals surface area contributed by atoms with Gasteiger partial charge in [0.05, 0.1) is 18.6 Å². The van der Waals surface area contributed by atoms with Gasteiger partial charge in [0.15, 0.2) is 11.5 Å². The molecule has 35 heavy (non-hydrogen) atoms. The third kappa shape index (κ3) is 4.84. The number of hydrogen-bond donors (Lipinski definition) is 0. The van der Waals surface area contributed by atoms with E-state index in [0.717, 1.165) is 28.1 Å². The molecule has 174 valence electrons. The van der Waals surface area contributed by atoms with Gasteiger partial charge in [0.2, 0.25) is 0 Å². The van der Waals surface area contributed by atoms with Crippen LogP contribution >= 0.6 is 23.1 Å². The van der Waals surface area contributed by atoms with Crippen LogP contribution in [0.15, 0.2) is 83.1 Å². The lowest BCUT2D eigenvalue weighted by molar-refractivity contribution is -0.123. The predicted molar refractivity (Wildman–Crippen MR) is 138 cm³/mol. The van der Waals surface area contributed by atoms with Crippen molar-refractivity contribution in [3.8, 4) is 11.5 Å². The number of rotatable bonds is 6. The van der Waals surface area contributed by atoms with E-state index < -0.39 is 5.97 Å². The van der Waals surface area contributed by atoms with Crippen molar-refractivity contribution in [3.63, 3.8) is 0 Å². The number of fused-ring (bicyclic) bond motifs is 1. The summed E-state index contributed by atoms with van der Waals surface area (Å²) in [6.07, 6.45) is 1.64. The second-order valence-corrected chi connectivity index (χ2v) is 9.67. The summed E-state index contributed by atoms with van der Waals surface area (Å²) >= 11 is 2.19. The molecule has 0 spiro atoms. The summed E-state index contributed by atoms with van der Waals surface area (Å²) in [5, 5.41) is 3.63. The van der Waals surface area contributed by atoms with Crippen molar-refractivity contribution in [2.45, 2.75) is 6.54 Å². The van der Waals surface area contributed by atoms with E-state index in [1.807, 2.05) is 42.5 Å². The molecule has 1 aromatic heterocycles. The van der Waals surface area contributed by atoms with Gasteiger partial charge < -0.3 is 9.47 Å². The van der Waals surface area contributed by atoms with Crippen LogP contribution in [-0.4, -0.2) is 29.1 Å². The molecule has 2 heterocycles. The molecule has 0 atom stereocenters. The minimum atomic E-state index is -0.471. The number of hydrogen-bond acceptors (Lipinski definition) is 7. The summed E-state index contributed by atoms with van der Waals surface area (Å²) in [6.45, 7) is 0.202. The highest BCUT2D eigenvalue weighted by Gasteiger charge is 2.35. The van der Waals surface area contributed by atoms with Crippen molar-refractivity contribution in [3.05, 3.63) is 99.1 Å². The predicted octanol–water partition coefficient (Wildman–Crippen LogP) is 6.37. The Labute approximate surface area is 209 Å². The van der Waals surface area contributed by atoms with E-state index in [1.165, 1.54) is 23.3 Å². The molecule has 0 bridgehead atoms. The standard InChI is InChI=1S/C27H19NO5S2/c1-32-22-14-17(9-11-21(22)33-26(30)23-7-4-12-34-23)15-24-25(29)28(27(31)35-24)16-18-8-10-19-5-2-3-6-20(19)13-18/h2-15H,16H2,1H3/b24-15-. The Morgan fingerprint density at radius 2 is 1.77 bits per heavy atom. The first-order chi connectivity index (χ1) is 17.0. The third-order valence-corrected chi connectivity index (χ3v) is 7.20. The molecule has 1 aliphatic rings. The van der Waals surface area contributed by atoms with Crippen molar-refractivity contribution in [2.24, 2.45) is 0 Å². The topological polar surface area (TPSA) is 72.9 Å². The van der Waals surface area contributed by atoms with Gasteiger partial charge in [-0.2, -0.15) is 0 Å². The fourth-order valence-electron chi connectivity index (χ4n) is 3.71. The zero-order valence-corrected chi connectivity index (χ0v) is 20.2. The second kappa shape index (κ2) is 9.77. The molecule has 1 fully saturated rings. The van der Waals surface area contributed by atoms with Gasteiger partial charge in [-0.3, -0.25) is 14.5 Å². The summed E-state index contributed by atoms with van der Waals surface area (Å²) < 4.78 is 10.8. The monoisotopic (exact) mass is 501 g/mol. The molecular formula is C27H19NO5S2. The SMILES string of the molecule is COc1cc(/C=C2\SC(=O)N(Cc3ccc4ccccc4c3)C2=O)ccc1OC(=O)c1cccs1. The number of amides is 2. The van der Waals surface area contributed by atoms with Crippen molar-refractivity contribution in [1.82, 2.24) is 4.90 Å². The second-order valence-electron chi connectivity index (χ2n) is 7.73. The van der Waals surface area contributed by atoms with Crippen molar-refractivity contribution >= 4 is 57.1 Å². The molecule has 0 unspecified atom stereocenters. The van der Waals surface area contributed by atoms with Crippen molar-refractivity contribution in [1.29, 1.82) is 0 Å². The maximum Gasteiger partial charge on any atom is 0.353 e. The number of imide groups is 1.